The van der Waals surface area contributed by atoms with Crippen molar-refractivity contribution < 1.29 is 26.2 Å². The van der Waals surface area contributed by atoms with Gasteiger partial charge in [0.1, 0.15) is 0 Å². The van der Waals surface area contributed by atoms with Gasteiger partial charge < -0.3 is 0 Å². The van der Waals surface area contributed by atoms with Gasteiger partial charge in [0.15, 0.2) is 0 Å². The molecule has 3 heteroatoms. The third kappa shape index (κ3) is 8.19. The van der Waals surface area contributed by atoms with Crippen LogP contribution < -0.4 is 0 Å². The van der Waals surface area contributed by atoms with Crippen LogP contribution in [0.25, 0.3) is 0 Å². The molecule has 0 nitrogen and oxygen atoms in total. The normalized spacial score (nSPS) is 15.8. The Morgan fingerprint density at radius 3 is 1.12 bits per heavy atom. The maximum atomic E-state index is 3.19. The van der Waals surface area contributed by atoms with Crippen molar-refractivity contribution >= 4 is 24.8 Å². The maximum Gasteiger partial charge on any atom is 2.00 e. The van der Waals surface area contributed by atoms with Crippen LogP contribution in [0.3, 0.4) is 0 Å². The molecule has 0 aromatic carbocycles. The summed E-state index contributed by atoms with van der Waals surface area (Å²) in [5.41, 5.74) is 5.42. The van der Waals surface area contributed by atoms with E-state index in [1.807, 2.05) is 0 Å². The molecule has 17 heavy (non-hydrogen) atoms. The molecular formula is C14H20Cl2Zr. The van der Waals surface area contributed by atoms with Gasteiger partial charge in [0.05, 0.1) is 0 Å². The molecule has 94 valence electrons. The van der Waals surface area contributed by atoms with Crippen LogP contribution in [0.4, 0.5) is 0 Å². The summed E-state index contributed by atoms with van der Waals surface area (Å²) in [5, 5.41) is 0. The van der Waals surface area contributed by atoms with Crippen molar-refractivity contribution in [2.45, 2.75) is 40.5 Å². The summed E-state index contributed by atoms with van der Waals surface area (Å²) < 4.78 is 0. The van der Waals surface area contributed by atoms with Gasteiger partial charge in [-0.05, 0) is 0 Å². The van der Waals surface area contributed by atoms with Gasteiger partial charge >= 0.3 is 26.2 Å². The zero-order valence-corrected chi connectivity index (χ0v) is 15.0. The molecule has 0 aromatic rings. The van der Waals surface area contributed by atoms with E-state index in [9.17, 15) is 0 Å². The molecule has 0 heterocycles. The van der Waals surface area contributed by atoms with Crippen molar-refractivity contribution in [2.24, 2.45) is 0 Å². The van der Waals surface area contributed by atoms with Gasteiger partial charge in [0.2, 0.25) is 0 Å². The van der Waals surface area contributed by atoms with E-state index >= 15 is 0 Å². The minimum atomic E-state index is 0. The summed E-state index contributed by atoms with van der Waals surface area (Å²) >= 11 is 0. The van der Waals surface area contributed by atoms with Gasteiger partial charge in [-0.3, -0.25) is 12.2 Å². The van der Waals surface area contributed by atoms with E-state index in [-0.39, 0.29) is 51.0 Å². The van der Waals surface area contributed by atoms with Crippen LogP contribution in [0, 0.1) is 12.2 Å². The Kier molecular flexibility index (Phi) is 15.3. The predicted octanol–water partition coefficient (Wildman–Crippen LogP) is 5.01. The molecule has 0 aromatic heterocycles. The fourth-order valence-corrected chi connectivity index (χ4v) is 1.30. The van der Waals surface area contributed by atoms with Gasteiger partial charge in [0.25, 0.3) is 0 Å². The third-order valence-corrected chi connectivity index (χ3v) is 2.73. The number of halogens is 2. The van der Waals surface area contributed by atoms with Crippen molar-refractivity contribution in [3.63, 3.8) is 0 Å². The second-order valence-electron chi connectivity index (χ2n) is 3.79. The molecule has 0 N–H and O–H groups in total. The van der Waals surface area contributed by atoms with E-state index in [0.717, 1.165) is 12.8 Å². The smallest absolute Gasteiger partial charge is 0.270 e. The van der Waals surface area contributed by atoms with Gasteiger partial charge in [-0.1, -0.05) is 13.8 Å². The molecule has 2 aliphatic carbocycles. The van der Waals surface area contributed by atoms with Crippen molar-refractivity contribution in [3.05, 3.63) is 46.6 Å². The average Bonchev–Trinajstić information content (AvgIpc) is 2.67. The molecule has 0 bridgehead atoms. The summed E-state index contributed by atoms with van der Waals surface area (Å²) in [6, 6.07) is 0. The molecule has 0 atom stereocenters. The quantitative estimate of drug-likeness (QED) is 0.539. The Morgan fingerprint density at radius 2 is 1.06 bits per heavy atom. The van der Waals surface area contributed by atoms with Crippen molar-refractivity contribution in [1.29, 1.82) is 0 Å². The molecule has 0 amide bonds. The second kappa shape index (κ2) is 11.5. The minimum Gasteiger partial charge on any atom is -0.270 e. The number of allylic oxidation sites excluding steroid dienone is 8. The molecule has 0 radical (unpaired) electrons. The van der Waals surface area contributed by atoms with E-state index in [0.29, 0.717) is 0 Å². The first-order valence-electron chi connectivity index (χ1n) is 5.10. The largest absolute Gasteiger partial charge is 2.00 e. The van der Waals surface area contributed by atoms with Crippen molar-refractivity contribution in [1.82, 2.24) is 0 Å². The summed E-state index contributed by atoms with van der Waals surface area (Å²) in [5.74, 6) is 0. The minimum absolute atomic E-state index is 0. The Hall–Kier alpha value is 0.423. The van der Waals surface area contributed by atoms with E-state index in [2.05, 4.69) is 52.0 Å². The standard InChI is InChI=1S/2C7H9.2ClH.Zr/c2*1-6-4-3-5-7(6)2;;;/h2*4H,3H2,1-2H3;2*1H;/q2*-1;;;+2. The van der Waals surface area contributed by atoms with Gasteiger partial charge in [-0.25, -0.2) is 22.3 Å². The summed E-state index contributed by atoms with van der Waals surface area (Å²) in [6.45, 7) is 8.43. The number of hydrogen-bond acceptors (Lipinski definition) is 0. The van der Waals surface area contributed by atoms with Gasteiger partial charge in [-0.15, -0.1) is 51.5 Å². The predicted molar refractivity (Wildman–Crippen MR) is 76.1 cm³/mol. The first-order valence-corrected chi connectivity index (χ1v) is 5.10. The Morgan fingerprint density at radius 1 is 0.765 bits per heavy atom. The first kappa shape index (κ1) is 22.6. The van der Waals surface area contributed by atoms with Crippen LogP contribution in [0.15, 0.2) is 34.4 Å². The molecule has 0 saturated carbocycles. The Balaban J connectivity index is -0.000000196. The van der Waals surface area contributed by atoms with E-state index in [4.69, 9.17) is 0 Å². The van der Waals surface area contributed by atoms with Gasteiger partial charge in [0, 0.05) is 0 Å². The second-order valence-corrected chi connectivity index (χ2v) is 3.79. The fraction of sp³-hybridized carbons (Fsp3) is 0.429. The van der Waals surface area contributed by atoms with Crippen molar-refractivity contribution in [2.75, 3.05) is 0 Å². The van der Waals surface area contributed by atoms with E-state index in [1.54, 1.807) is 0 Å². The molecule has 0 unspecified atom stereocenters. The molecule has 2 aliphatic rings. The third-order valence-electron chi connectivity index (χ3n) is 2.73. The molecule has 0 aliphatic heterocycles. The van der Waals surface area contributed by atoms with Gasteiger partial charge in [-0.2, -0.15) is 12.2 Å². The Bertz CT molecular complexity index is 270. The molecule has 0 fully saturated rings. The van der Waals surface area contributed by atoms with Crippen LogP contribution in [0.1, 0.15) is 40.5 Å². The summed E-state index contributed by atoms with van der Waals surface area (Å²) in [7, 11) is 0. The first-order chi connectivity index (χ1) is 6.61. The topological polar surface area (TPSA) is 0 Å². The van der Waals surface area contributed by atoms with Crippen LogP contribution in [-0.4, -0.2) is 0 Å². The maximum absolute atomic E-state index is 3.19. The summed E-state index contributed by atoms with van der Waals surface area (Å²) in [6.07, 6.45) is 12.8. The zero-order chi connectivity index (χ0) is 10.6. The van der Waals surface area contributed by atoms with Crippen LogP contribution in [0.5, 0.6) is 0 Å². The summed E-state index contributed by atoms with van der Waals surface area (Å²) in [4.78, 5) is 0. The zero-order valence-electron chi connectivity index (χ0n) is 10.9. The average molecular weight is 350 g/mol. The SMILES string of the molecule is CC1=[C-]CC=C1C.CC1=[C-]CC=C1C.Cl.Cl.[Zr+2]. The number of rotatable bonds is 0. The number of hydrogen-bond donors (Lipinski definition) is 0. The van der Waals surface area contributed by atoms with Crippen LogP contribution in [0.2, 0.25) is 0 Å². The molecular weight excluding hydrogens is 330 g/mol. The monoisotopic (exact) mass is 348 g/mol. The van der Waals surface area contributed by atoms with Crippen LogP contribution >= 0.6 is 24.8 Å². The van der Waals surface area contributed by atoms with Crippen molar-refractivity contribution in [3.8, 4) is 0 Å². The fourth-order valence-electron chi connectivity index (χ4n) is 1.30. The molecule has 0 saturated heterocycles. The molecule has 0 spiro atoms. The van der Waals surface area contributed by atoms with E-state index < -0.39 is 0 Å². The van der Waals surface area contributed by atoms with Crippen LogP contribution in [-0.2, 0) is 26.2 Å². The van der Waals surface area contributed by atoms with E-state index in [1.165, 1.54) is 22.3 Å². The molecule has 2 rings (SSSR count). The Labute approximate surface area is 137 Å².